The topological polar surface area (TPSA) is 74.8 Å². The second kappa shape index (κ2) is 7.74. The van der Waals surface area contributed by atoms with Crippen LogP contribution in [0.15, 0.2) is 35.4 Å². The van der Waals surface area contributed by atoms with Gasteiger partial charge in [0.2, 0.25) is 0 Å². The highest BCUT2D eigenvalue weighted by molar-refractivity contribution is 5.49. The predicted octanol–water partition coefficient (Wildman–Crippen LogP) is 3.95. The van der Waals surface area contributed by atoms with Crippen molar-refractivity contribution in [2.75, 3.05) is 0 Å². The van der Waals surface area contributed by atoms with Gasteiger partial charge in [0.05, 0.1) is 5.22 Å². The maximum absolute atomic E-state index is 14.9. The van der Waals surface area contributed by atoms with Crippen molar-refractivity contribution in [3.05, 3.63) is 68.7 Å². The van der Waals surface area contributed by atoms with Gasteiger partial charge in [-0.25, -0.2) is 9.37 Å². The molecule has 0 atom stereocenters. The van der Waals surface area contributed by atoms with E-state index in [0.29, 0.717) is 11.2 Å². The van der Waals surface area contributed by atoms with E-state index in [9.17, 15) is 19.4 Å². The predicted molar refractivity (Wildman–Crippen MR) is 114 cm³/mol. The molecular formula is C24H27FN2O3. The highest BCUT2D eigenvalue weighted by Gasteiger charge is 2.32. The molecule has 5 nitrogen and oxygen atoms in total. The molecule has 2 heterocycles. The van der Waals surface area contributed by atoms with Gasteiger partial charge in [-0.3, -0.25) is 9.20 Å². The van der Waals surface area contributed by atoms with Crippen molar-refractivity contribution in [3.63, 3.8) is 0 Å². The lowest BCUT2D eigenvalue weighted by Gasteiger charge is -2.34. The van der Waals surface area contributed by atoms with Gasteiger partial charge in [-0.15, -0.1) is 0 Å². The SMILES string of the molecule is CCc1cc2ncc(=C(O)Cc3cc(O)c(C4(C)CCCCC4)cc3F)c(=O)n2c1. The van der Waals surface area contributed by atoms with Crippen LogP contribution in [-0.2, 0) is 18.3 Å². The van der Waals surface area contributed by atoms with Crippen molar-refractivity contribution >= 4 is 11.4 Å². The molecule has 1 aliphatic carbocycles. The molecule has 30 heavy (non-hydrogen) atoms. The molecular weight excluding hydrogens is 383 g/mol. The Bertz CT molecular complexity index is 1210. The van der Waals surface area contributed by atoms with Gasteiger partial charge < -0.3 is 10.2 Å². The molecule has 158 valence electrons. The number of rotatable bonds is 4. The largest absolute Gasteiger partial charge is 0.511 e. The lowest BCUT2D eigenvalue weighted by atomic mass is 9.70. The van der Waals surface area contributed by atoms with Crippen molar-refractivity contribution in [2.45, 2.75) is 64.2 Å². The molecule has 1 saturated carbocycles. The van der Waals surface area contributed by atoms with Crippen LogP contribution in [0.5, 0.6) is 5.75 Å². The van der Waals surface area contributed by atoms with Gasteiger partial charge in [0, 0.05) is 24.4 Å². The Morgan fingerprint density at radius 1 is 1.23 bits per heavy atom. The van der Waals surface area contributed by atoms with Crippen molar-refractivity contribution in [3.8, 4) is 5.75 Å². The molecule has 3 aromatic rings. The van der Waals surface area contributed by atoms with E-state index in [2.05, 4.69) is 11.9 Å². The highest BCUT2D eigenvalue weighted by atomic mass is 19.1. The van der Waals surface area contributed by atoms with Gasteiger partial charge in [-0.05, 0) is 54.0 Å². The van der Waals surface area contributed by atoms with Crippen molar-refractivity contribution in [1.82, 2.24) is 9.38 Å². The number of nitrogens with zero attached hydrogens (tertiary/aromatic N) is 2. The number of hydrogen-bond acceptors (Lipinski definition) is 4. The first-order chi connectivity index (χ1) is 14.3. The molecule has 0 spiro atoms. The zero-order valence-electron chi connectivity index (χ0n) is 17.4. The van der Waals surface area contributed by atoms with E-state index in [-0.39, 0.29) is 34.1 Å². The normalized spacial score (nSPS) is 17.3. The van der Waals surface area contributed by atoms with Crippen LogP contribution in [0.2, 0.25) is 0 Å². The Labute approximate surface area is 174 Å². The number of phenols is 1. The minimum atomic E-state index is -0.489. The molecule has 2 N–H and O–H groups in total. The maximum atomic E-state index is 14.9. The number of aliphatic hydroxyl groups excluding tert-OH is 1. The average Bonchev–Trinajstić information content (AvgIpc) is 3.15. The standard InChI is InChI=1S/C24H27FN2O3/c1-3-15-9-22-26-13-17(23(30)27(22)14-15)20(28)10-16-11-21(29)18(12-19(16)25)24(2)7-5-4-6-8-24/h9,11-14,28-29H,3-8,10H2,1-2H3. The van der Waals surface area contributed by atoms with Crippen LogP contribution in [0.4, 0.5) is 4.39 Å². The quantitative estimate of drug-likeness (QED) is 0.683. The molecule has 0 bridgehead atoms. The third-order valence-corrected chi connectivity index (χ3v) is 6.48. The number of aromatic nitrogens is 2. The van der Waals surface area contributed by atoms with E-state index >= 15 is 0 Å². The number of benzene rings is 1. The summed E-state index contributed by atoms with van der Waals surface area (Å²) >= 11 is 0. The molecule has 0 unspecified atom stereocenters. The van der Waals surface area contributed by atoms with Crippen LogP contribution in [0, 0.1) is 5.82 Å². The Balaban J connectivity index is 1.72. The minimum Gasteiger partial charge on any atom is -0.511 e. The van der Waals surface area contributed by atoms with Gasteiger partial charge in [0.1, 0.15) is 23.0 Å². The number of aliphatic hydroxyl groups is 1. The summed E-state index contributed by atoms with van der Waals surface area (Å²) in [4.78, 5) is 17.0. The van der Waals surface area contributed by atoms with E-state index in [4.69, 9.17) is 0 Å². The first-order valence-electron chi connectivity index (χ1n) is 10.6. The lowest BCUT2D eigenvalue weighted by molar-refractivity contribution is 0.306. The first-order valence-corrected chi connectivity index (χ1v) is 10.6. The van der Waals surface area contributed by atoms with Crippen LogP contribution >= 0.6 is 0 Å². The second-order valence-corrected chi connectivity index (χ2v) is 8.61. The third-order valence-electron chi connectivity index (χ3n) is 6.48. The molecule has 1 aliphatic rings. The van der Waals surface area contributed by atoms with E-state index in [1.165, 1.54) is 22.7 Å². The minimum absolute atomic E-state index is 0.0305. The molecule has 1 fully saturated rings. The molecule has 0 aliphatic heterocycles. The van der Waals surface area contributed by atoms with Crippen molar-refractivity contribution in [2.24, 2.45) is 0 Å². The number of aryl methyl sites for hydroxylation is 1. The molecule has 4 rings (SSSR count). The fraction of sp³-hybridized carbons (Fsp3) is 0.417. The maximum Gasteiger partial charge on any atom is 0.268 e. The fourth-order valence-corrected chi connectivity index (χ4v) is 4.57. The Hall–Kier alpha value is -2.89. The lowest BCUT2D eigenvalue weighted by Crippen LogP contribution is -2.33. The molecule has 1 aromatic carbocycles. The van der Waals surface area contributed by atoms with Gasteiger partial charge >= 0.3 is 0 Å². The summed E-state index contributed by atoms with van der Waals surface area (Å²) in [6.45, 7) is 4.05. The van der Waals surface area contributed by atoms with Crippen molar-refractivity contribution in [1.29, 1.82) is 0 Å². The summed E-state index contributed by atoms with van der Waals surface area (Å²) in [6.07, 6.45) is 8.72. The van der Waals surface area contributed by atoms with Crippen LogP contribution in [0.1, 0.15) is 62.6 Å². The molecule has 2 aromatic heterocycles. The fourth-order valence-electron chi connectivity index (χ4n) is 4.57. The van der Waals surface area contributed by atoms with Gasteiger partial charge in [0.15, 0.2) is 0 Å². The zero-order chi connectivity index (χ0) is 21.5. The number of hydrogen-bond donors (Lipinski definition) is 2. The molecule has 0 radical (unpaired) electrons. The number of fused-ring (bicyclic) bond motifs is 1. The number of halogens is 1. The van der Waals surface area contributed by atoms with Crippen LogP contribution < -0.4 is 10.8 Å². The van der Waals surface area contributed by atoms with E-state index in [0.717, 1.165) is 44.1 Å². The Morgan fingerprint density at radius 3 is 2.67 bits per heavy atom. The second-order valence-electron chi connectivity index (χ2n) is 8.61. The monoisotopic (exact) mass is 410 g/mol. The van der Waals surface area contributed by atoms with E-state index in [1.54, 1.807) is 6.20 Å². The molecule has 0 saturated heterocycles. The summed E-state index contributed by atoms with van der Waals surface area (Å²) in [6, 6.07) is 4.59. The summed E-state index contributed by atoms with van der Waals surface area (Å²) in [5.41, 5.74) is 1.62. The summed E-state index contributed by atoms with van der Waals surface area (Å²) in [5.74, 6) is -0.717. The molecule has 0 amide bonds. The third kappa shape index (κ3) is 3.55. The Morgan fingerprint density at radius 2 is 1.97 bits per heavy atom. The Kier molecular flexibility index (Phi) is 5.26. The van der Waals surface area contributed by atoms with Crippen LogP contribution in [0.3, 0.4) is 0 Å². The van der Waals surface area contributed by atoms with Crippen LogP contribution in [0.25, 0.3) is 11.4 Å². The van der Waals surface area contributed by atoms with E-state index < -0.39 is 11.4 Å². The zero-order valence-corrected chi connectivity index (χ0v) is 17.4. The highest BCUT2D eigenvalue weighted by Crippen LogP contribution is 2.43. The van der Waals surface area contributed by atoms with Gasteiger partial charge in [-0.1, -0.05) is 33.1 Å². The van der Waals surface area contributed by atoms with Crippen LogP contribution in [-0.4, -0.2) is 19.6 Å². The number of phenolic OH excluding ortho intramolecular Hbond substituents is 1. The van der Waals surface area contributed by atoms with E-state index in [1.807, 2.05) is 13.0 Å². The summed E-state index contributed by atoms with van der Waals surface area (Å²) < 4.78 is 16.3. The average molecular weight is 410 g/mol. The summed E-state index contributed by atoms with van der Waals surface area (Å²) in [5, 5.41) is 21.2. The first kappa shape index (κ1) is 20.4. The van der Waals surface area contributed by atoms with Gasteiger partial charge in [0.25, 0.3) is 5.56 Å². The molecule has 6 heteroatoms. The van der Waals surface area contributed by atoms with Crippen molar-refractivity contribution < 1.29 is 14.6 Å². The number of aromatic hydroxyl groups is 1. The smallest absolute Gasteiger partial charge is 0.268 e. The van der Waals surface area contributed by atoms with Gasteiger partial charge in [-0.2, -0.15) is 0 Å². The summed E-state index contributed by atoms with van der Waals surface area (Å²) in [7, 11) is 0.